The molecule has 0 aliphatic heterocycles. The molecule has 0 fully saturated rings. The summed E-state index contributed by atoms with van der Waals surface area (Å²) in [6.45, 7) is 0. The Morgan fingerprint density at radius 3 is 2.92 bits per heavy atom. The van der Waals surface area contributed by atoms with Crippen molar-refractivity contribution < 1.29 is 9.53 Å². The number of para-hydroxylation sites is 3. The Kier molecular flexibility index (Phi) is 5.12. The summed E-state index contributed by atoms with van der Waals surface area (Å²) in [4.78, 5) is 19.4. The number of nitrogens with zero attached hydrogens (tertiary/aromatic N) is 2. The normalized spacial score (nSPS) is 11.0. The Hall–Kier alpha value is -2.80. The maximum atomic E-state index is 11.9. The standard InChI is InChI=1S/C17H16N4O2S/c1-23-15-9-5-2-6-12(15)10-18-21-16(22)11-24-17-19-13-7-3-4-8-14(13)20-17/h2-10H,11H2,1H3,(H,19,20)(H,21,22)/b18-10-. The van der Waals surface area contributed by atoms with Crippen LogP contribution in [0.4, 0.5) is 0 Å². The van der Waals surface area contributed by atoms with Crippen molar-refractivity contribution in [2.24, 2.45) is 5.10 Å². The van der Waals surface area contributed by atoms with Crippen LogP contribution in [-0.4, -0.2) is 35.0 Å². The number of benzene rings is 2. The lowest BCUT2D eigenvalue weighted by atomic mass is 10.2. The quantitative estimate of drug-likeness (QED) is 0.411. The van der Waals surface area contributed by atoms with Crippen molar-refractivity contribution in [3.63, 3.8) is 0 Å². The predicted octanol–water partition coefficient (Wildman–Crippen LogP) is 2.81. The molecule has 0 radical (unpaired) electrons. The van der Waals surface area contributed by atoms with Gasteiger partial charge in [0, 0.05) is 5.56 Å². The van der Waals surface area contributed by atoms with Crippen molar-refractivity contribution >= 4 is 34.9 Å². The number of carbonyl (C=O) groups is 1. The molecule has 24 heavy (non-hydrogen) atoms. The molecular formula is C17H16N4O2S. The number of aromatic nitrogens is 2. The van der Waals surface area contributed by atoms with Gasteiger partial charge in [-0.2, -0.15) is 5.10 Å². The van der Waals surface area contributed by atoms with Crippen molar-refractivity contribution in [2.45, 2.75) is 5.16 Å². The average Bonchev–Trinajstić information content (AvgIpc) is 3.03. The van der Waals surface area contributed by atoms with Crippen LogP contribution in [0.3, 0.4) is 0 Å². The molecule has 1 amide bonds. The number of ether oxygens (including phenoxy) is 1. The molecule has 0 unspecified atom stereocenters. The Labute approximate surface area is 143 Å². The first-order chi connectivity index (χ1) is 11.8. The highest BCUT2D eigenvalue weighted by molar-refractivity contribution is 7.99. The van der Waals surface area contributed by atoms with Crippen LogP contribution in [0.15, 0.2) is 58.8 Å². The number of imidazole rings is 1. The highest BCUT2D eigenvalue weighted by Gasteiger charge is 2.06. The van der Waals surface area contributed by atoms with Gasteiger partial charge in [-0.25, -0.2) is 10.4 Å². The van der Waals surface area contributed by atoms with E-state index in [1.54, 1.807) is 13.3 Å². The Morgan fingerprint density at radius 2 is 2.08 bits per heavy atom. The van der Waals surface area contributed by atoms with Gasteiger partial charge >= 0.3 is 0 Å². The molecule has 7 heteroatoms. The van der Waals surface area contributed by atoms with E-state index in [1.165, 1.54) is 11.8 Å². The maximum Gasteiger partial charge on any atom is 0.250 e. The zero-order chi connectivity index (χ0) is 16.8. The number of carbonyl (C=O) groups excluding carboxylic acids is 1. The molecule has 1 aromatic heterocycles. The first-order valence-electron chi connectivity index (χ1n) is 7.29. The van der Waals surface area contributed by atoms with Crippen LogP contribution in [0.5, 0.6) is 5.75 Å². The number of rotatable bonds is 6. The molecule has 0 aliphatic rings. The molecule has 3 rings (SSSR count). The van der Waals surface area contributed by atoms with E-state index in [-0.39, 0.29) is 11.7 Å². The smallest absolute Gasteiger partial charge is 0.250 e. The zero-order valence-electron chi connectivity index (χ0n) is 13.0. The third-order valence-corrected chi connectivity index (χ3v) is 4.11. The monoisotopic (exact) mass is 340 g/mol. The van der Waals surface area contributed by atoms with Crippen molar-refractivity contribution in [3.05, 3.63) is 54.1 Å². The van der Waals surface area contributed by atoms with E-state index in [4.69, 9.17) is 4.74 Å². The Bertz CT molecular complexity index is 843. The molecule has 0 saturated heterocycles. The summed E-state index contributed by atoms with van der Waals surface area (Å²) in [5, 5.41) is 4.67. The van der Waals surface area contributed by atoms with Gasteiger partial charge in [-0.15, -0.1) is 0 Å². The summed E-state index contributed by atoms with van der Waals surface area (Å²) in [6.07, 6.45) is 1.56. The highest BCUT2D eigenvalue weighted by atomic mass is 32.2. The number of hydrazone groups is 1. The second-order valence-electron chi connectivity index (χ2n) is 4.88. The number of H-pyrrole nitrogens is 1. The fraction of sp³-hybridized carbons (Fsp3) is 0.118. The zero-order valence-corrected chi connectivity index (χ0v) is 13.8. The lowest BCUT2D eigenvalue weighted by Crippen LogP contribution is -2.19. The van der Waals surface area contributed by atoms with E-state index in [0.717, 1.165) is 16.6 Å². The van der Waals surface area contributed by atoms with Crippen LogP contribution in [0, 0.1) is 0 Å². The van der Waals surface area contributed by atoms with E-state index in [1.807, 2.05) is 48.5 Å². The fourth-order valence-electron chi connectivity index (χ4n) is 2.11. The van der Waals surface area contributed by atoms with E-state index in [9.17, 15) is 4.79 Å². The van der Waals surface area contributed by atoms with Gasteiger partial charge in [-0.3, -0.25) is 4.79 Å². The number of hydrogen-bond acceptors (Lipinski definition) is 5. The van der Waals surface area contributed by atoms with E-state index in [2.05, 4.69) is 20.5 Å². The average molecular weight is 340 g/mol. The van der Waals surface area contributed by atoms with Gasteiger partial charge in [0.05, 0.1) is 30.1 Å². The number of hydrogen-bond donors (Lipinski definition) is 2. The number of amides is 1. The molecule has 2 N–H and O–H groups in total. The molecule has 6 nitrogen and oxygen atoms in total. The van der Waals surface area contributed by atoms with Crippen LogP contribution >= 0.6 is 11.8 Å². The second kappa shape index (κ2) is 7.65. The summed E-state index contributed by atoms with van der Waals surface area (Å²) >= 11 is 1.33. The summed E-state index contributed by atoms with van der Waals surface area (Å²) < 4.78 is 5.22. The van der Waals surface area contributed by atoms with Crippen LogP contribution in [0.25, 0.3) is 11.0 Å². The predicted molar refractivity (Wildman–Crippen MR) is 95.5 cm³/mol. The molecule has 2 aromatic carbocycles. The molecule has 0 bridgehead atoms. The minimum absolute atomic E-state index is 0.202. The first kappa shape index (κ1) is 16.1. The highest BCUT2D eigenvalue weighted by Crippen LogP contribution is 2.18. The van der Waals surface area contributed by atoms with Crippen molar-refractivity contribution in [2.75, 3.05) is 12.9 Å². The molecular weight excluding hydrogens is 324 g/mol. The van der Waals surface area contributed by atoms with Crippen LogP contribution < -0.4 is 10.2 Å². The second-order valence-corrected chi connectivity index (χ2v) is 5.85. The maximum absolute atomic E-state index is 11.9. The summed E-state index contributed by atoms with van der Waals surface area (Å²) in [7, 11) is 1.59. The topological polar surface area (TPSA) is 79.4 Å². The van der Waals surface area contributed by atoms with Crippen LogP contribution in [0.1, 0.15) is 5.56 Å². The lowest BCUT2D eigenvalue weighted by Gasteiger charge is -2.03. The van der Waals surface area contributed by atoms with E-state index in [0.29, 0.717) is 10.9 Å². The van der Waals surface area contributed by atoms with Gasteiger partial charge in [0.2, 0.25) is 0 Å². The largest absolute Gasteiger partial charge is 0.496 e. The molecule has 0 aliphatic carbocycles. The number of thioether (sulfide) groups is 1. The van der Waals surface area contributed by atoms with E-state index < -0.39 is 0 Å². The van der Waals surface area contributed by atoms with E-state index >= 15 is 0 Å². The van der Waals surface area contributed by atoms with Gasteiger partial charge in [0.1, 0.15) is 5.75 Å². The number of fused-ring (bicyclic) bond motifs is 1. The Morgan fingerprint density at radius 1 is 1.29 bits per heavy atom. The number of aromatic amines is 1. The Balaban J connectivity index is 1.53. The molecule has 0 spiro atoms. The lowest BCUT2D eigenvalue weighted by molar-refractivity contribution is -0.118. The number of methoxy groups -OCH3 is 1. The van der Waals surface area contributed by atoms with Gasteiger partial charge in [0.25, 0.3) is 5.91 Å². The van der Waals surface area contributed by atoms with Gasteiger partial charge in [-0.1, -0.05) is 36.0 Å². The molecule has 1 heterocycles. The number of nitrogens with one attached hydrogen (secondary N) is 2. The summed E-state index contributed by atoms with van der Waals surface area (Å²) in [5.41, 5.74) is 5.13. The third kappa shape index (κ3) is 3.94. The summed E-state index contributed by atoms with van der Waals surface area (Å²) in [6, 6.07) is 15.2. The van der Waals surface area contributed by atoms with Crippen LogP contribution in [0.2, 0.25) is 0 Å². The van der Waals surface area contributed by atoms with Crippen molar-refractivity contribution in [3.8, 4) is 5.75 Å². The fourth-order valence-corrected chi connectivity index (χ4v) is 2.79. The van der Waals surface area contributed by atoms with Gasteiger partial charge in [0.15, 0.2) is 5.16 Å². The molecule has 3 aromatic rings. The molecule has 0 saturated carbocycles. The van der Waals surface area contributed by atoms with Crippen LogP contribution in [-0.2, 0) is 4.79 Å². The van der Waals surface area contributed by atoms with Crippen molar-refractivity contribution in [1.29, 1.82) is 0 Å². The van der Waals surface area contributed by atoms with Gasteiger partial charge < -0.3 is 9.72 Å². The van der Waals surface area contributed by atoms with Crippen molar-refractivity contribution in [1.82, 2.24) is 15.4 Å². The SMILES string of the molecule is COc1ccccc1/C=N\NC(=O)CSc1nc2ccccc2[nH]1. The minimum atomic E-state index is -0.202. The first-order valence-corrected chi connectivity index (χ1v) is 8.27. The van der Waals surface area contributed by atoms with Gasteiger partial charge in [-0.05, 0) is 24.3 Å². The minimum Gasteiger partial charge on any atom is -0.496 e. The third-order valence-electron chi connectivity index (χ3n) is 3.24. The summed E-state index contributed by atoms with van der Waals surface area (Å²) in [5.74, 6) is 0.724. The molecule has 122 valence electrons. The molecule has 0 atom stereocenters.